The number of rotatable bonds is 1. The average molecular weight is 252 g/mol. The Bertz CT molecular complexity index is 287. The summed E-state index contributed by atoms with van der Waals surface area (Å²) in [7, 11) is -0.550. The minimum atomic E-state index is -2.17. The molecule has 1 aromatic carbocycles. The Morgan fingerprint density at radius 3 is 1.94 bits per heavy atom. The highest BCUT2D eigenvalue weighted by molar-refractivity contribution is 6.30. The van der Waals surface area contributed by atoms with E-state index in [1.807, 2.05) is 18.2 Å². The molecule has 90 valence electrons. The second-order valence-electron chi connectivity index (χ2n) is 2.01. The summed E-state index contributed by atoms with van der Waals surface area (Å²) in [5.74, 6) is 0.794. The lowest BCUT2D eigenvalue weighted by Gasteiger charge is -1.96. The zero-order chi connectivity index (χ0) is 12.3. The largest absolute Gasteiger partial charge is 0.631 e. The molecule has 0 unspecified atom stereocenters. The van der Waals surface area contributed by atoms with Gasteiger partial charge in [0.05, 0.1) is 7.11 Å². The number of hydrogen-bond donors (Lipinski definition) is 3. The van der Waals surface area contributed by atoms with Crippen LogP contribution < -0.4 is 4.74 Å². The van der Waals surface area contributed by atoms with Crippen LogP contribution in [0.5, 0.6) is 5.75 Å². The second kappa shape index (κ2) is 13.6. The standard InChI is InChI=1S/C7H7ClO.BH3O3.FH.N2/c1-9-7-4-2-3-6(8)5-7;2-1(3)4;;1-2/h2-5H,1H3;2-4H;1H;. The van der Waals surface area contributed by atoms with Gasteiger partial charge in [-0.15, -0.1) is 0 Å². The zero-order valence-electron chi connectivity index (χ0n) is 8.32. The minimum absolute atomic E-state index is 0. The first kappa shape index (κ1) is 20.1. The summed E-state index contributed by atoms with van der Waals surface area (Å²) in [5.41, 5.74) is 0. The summed E-state index contributed by atoms with van der Waals surface area (Å²) in [4.78, 5) is 0. The van der Waals surface area contributed by atoms with E-state index in [1.165, 1.54) is 0 Å². The van der Waals surface area contributed by atoms with E-state index in [9.17, 15) is 0 Å². The maximum absolute atomic E-state index is 7.17. The highest BCUT2D eigenvalue weighted by atomic mass is 35.5. The Morgan fingerprint density at radius 2 is 1.69 bits per heavy atom. The Balaban J connectivity index is -0.000000209. The smallest absolute Gasteiger partial charge is 0.497 e. The van der Waals surface area contributed by atoms with Crippen molar-refractivity contribution in [3.63, 3.8) is 0 Å². The third-order valence-corrected chi connectivity index (χ3v) is 1.27. The zero-order valence-corrected chi connectivity index (χ0v) is 9.07. The van der Waals surface area contributed by atoms with Crippen LogP contribution in [0.2, 0.25) is 5.02 Å². The summed E-state index contributed by atoms with van der Waals surface area (Å²) in [5, 5.41) is 34.2. The molecule has 0 bridgehead atoms. The highest BCUT2D eigenvalue weighted by Gasteiger charge is 1.92. The maximum atomic E-state index is 7.17. The van der Waals surface area contributed by atoms with Crippen molar-refractivity contribution in [1.29, 1.82) is 10.8 Å². The Labute approximate surface area is 97.0 Å². The van der Waals surface area contributed by atoms with Crippen LogP contribution in [-0.4, -0.2) is 29.5 Å². The number of benzene rings is 1. The van der Waals surface area contributed by atoms with E-state index in [1.54, 1.807) is 13.2 Å². The van der Waals surface area contributed by atoms with Gasteiger partial charge in [-0.1, -0.05) is 17.7 Å². The lowest BCUT2D eigenvalue weighted by molar-refractivity contribution is 0.278. The van der Waals surface area contributed by atoms with E-state index < -0.39 is 7.32 Å². The van der Waals surface area contributed by atoms with Crippen molar-refractivity contribution in [3.8, 4) is 5.75 Å². The minimum Gasteiger partial charge on any atom is -0.497 e. The summed E-state index contributed by atoms with van der Waals surface area (Å²) in [6, 6.07) is 7.28. The van der Waals surface area contributed by atoms with Crippen LogP contribution in [0.3, 0.4) is 0 Å². The normalized spacial score (nSPS) is 6.94. The second-order valence-corrected chi connectivity index (χ2v) is 2.44. The molecule has 0 aliphatic carbocycles. The van der Waals surface area contributed by atoms with Gasteiger partial charge < -0.3 is 19.8 Å². The van der Waals surface area contributed by atoms with Crippen LogP contribution in [0.15, 0.2) is 24.3 Å². The molecular formula is C7H11BClFN2O4. The lowest BCUT2D eigenvalue weighted by Crippen LogP contribution is -2.07. The van der Waals surface area contributed by atoms with Crippen molar-refractivity contribution < 1.29 is 24.5 Å². The number of ether oxygens (including phenoxy) is 1. The van der Waals surface area contributed by atoms with Gasteiger partial charge in [0.25, 0.3) is 0 Å². The molecular weight excluding hydrogens is 241 g/mol. The van der Waals surface area contributed by atoms with Crippen molar-refractivity contribution in [2.24, 2.45) is 0 Å². The Hall–Kier alpha value is -1.40. The fraction of sp³-hybridized carbons (Fsp3) is 0.143. The monoisotopic (exact) mass is 252 g/mol. The van der Waals surface area contributed by atoms with Crippen LogP contribution in [0.4, 0.5) is 4.70 Å². The third kappa shape index (κ3) is 15.1. The van der Waals surface area contributed by atoms with Crippen LogP contribution >= 0.6 is 11.6 Å². The predicted molar refractivity (Wildman–Crippen MR) is 56.4 cm³/mol. The van der Waals surface area contributed by atoms with Gasteiger partial charge in [-0.25, -0.2) is 0 Å². The molecule has 0 fully saturated rings. The van der Waals surface area contributed by atoms with E-state index in [2.05, 4.69) is 0 Å². The van der Waals surface area contributed by atoms with Crippen LogP contribution in [0.1, 0.15) is 0 Å². The summed E-state index contributed by atoms with van der Waals surface area (Å²) in [6.07, 6.45) is 0. The van der Waals surface area contributed by atoms with Gasteiger partial charge in [0.1, 0.15) is 5.75 Å². The van der Waals surface area contributed by atoms with Gasteiger partial charge in [-0.2, -0.15) is 0 Å². The topological polar surface area (TPSA) is 118 Å². The molecule has 1 aromatic rings. The van der Waals surface area contributed by atoms with Gasteiger partial charge in [0.15, 0.2) is 0 Å². The molecule has 0 saturated heterocycles. The number of methoxy groups -OCH3 is 1. The van der Waals surface area contributed by atoms with Crippen molar-refractivity contribution in [3.05, 3.63) is 29.3 Å². The fourth-order valence-corrected chi connectivity index (χ4v) is 0.774. The van der Waals surface area contributed by atoms with Crippen LogP contribution in [0.25, 0.3) is 0 Å². The predicted octanol–water partition coefficient (Wildman–Crippen LogP) is 0.479. The molecule has 0 aliphatic heterocycles. The van der Waals surface area contributed by atoms with Crippen LogP contribution in [-0.2, 0) is 0 Å². The van der Waals surface area contributed by atoms with Crippen molar-refractivity contribution in [1.82, 2.24) is 0 Å². The molecule has 16 heavy (non-hydrogen) atoms. The molecule has 0 heterocycles. The first-order valence-electron chi connectivity index (χ1n) is 3.60. The quantitative estimate of drug-likeness (QED) is 0.494. The number of hydrogen-bond acceptors (Lipinski definition) is 6. The summed E-state index contributed by atoms with van der Waals surface area (Å²) in [6.45, 7) is 0. The lowest BCUT2D eigenvalue weighted by atomic mass is 10.3. The van der Waals surface area contributed by atoms with E-state index in [4.69, 9.17) is 42.2 Å². The number of halogens is 2. The average Bonchev–Trinajstić information content (AvgIpc) is 2.20. The fourth-order valence-electron chi connectivity index (χ4n) is 0.594. The van der Waals surface area contributed by atoms with E-state index in [-0.39, 0.29) is 4.70 Å². The van der Waals surface area contributed by atoms with Crippen LogP contribution in [0, 0.1) is 10.8 Å². The molecule has 0 atom stereocenters. The summed E-state index contributed by atoms with van der Waals surface area (Å²) < 4.78 is 4.91. The van der Waals surface area contributed by atoms with Crippen molar-refractivity contribution in [2.45, 2.75) is 0 Å². The van der Waals surface area contributed by atoms with Gasteiger partial charge in [0, 0.05) is 15.8 Å². The van der Waals surface area contributed by atoms with Crippen molar-refractivity contribution in [2.75, 3.05) is 7.11 Å². The van der Waals surface area contributed by atoms with Gasteiger partial charge in [-0.3, -0.25) is 4.70 Å². The van der Waals surface area contributed by atoms with E-state index in [0.29, 0.717) is 5.02 Å². The molecule has 6 nitrogen and oxygen atoms in total. The Kier molecular flexibility index (Phi) is 17.1. The molecule has 0 saturated carbocycles. The SMILES string of the molecule is COc1cccc(Cl)c1.F.N#N.OB(O)O. The molecule has 9 heteroatoms. The molecule has 1 rings (SSSR count). The third-order valence-electron chi connectivity index (χ3n) is 1.03. The van der Waals surface area contributed by atoms with E-state index >= 15 is 0 Å². The molecule has 0 radical (unpaired) electrons. The van der Waals surface area contributed by atoms with Gasteiger partial charge >= 0.3 is 7.32 Å². The molecule has 0 amide bonds. The first-order chi connectivity index (χ1) is 7.06. The molecule has 0 spiro atoms. The molecule has 0 aromatic heterocycles. The molecule has 0 aliphatic rings. The summed E-state index contributed by atoms with van der Waals surface area (Å²) >= 11 is 5.64. The highest BCUT2D eigenvalue weighted by Crippen LogP contribution is 2.15. The van der Waals surface area contributed by atoms with Gasteiger partial charge in [-0.05, 0) is 18.2 Å². The maximum Gasteiger partial charge on any atom is 0.631 e. The molecule has 3 N–H and O–H groups in total. The first-order valence-corrected chi connectivity index (χ1v) is 3.98. The van der Waals surface area contributed by atoms with Gasteiger partial charge in [0.2, 0.25) is 0 Å². The number of nitrogens with zero attached hydrogens (tertiary/aromatic N) is 2. The Morgan fingerprint density at radius 1 is 1.25 bits per heavy atom. The van der Waals surface area contributed by atoms with Crippen molar-refractivity contribution >= 4 is 18.9 Å². The van der Waals surface area contributed by atoms with E-state index in [0.717, 1.165) is 5.75 Å².